The fourth-order valence-electron chi connectivity index (χ4n) is 4.37. The van der Waals surface area contributed by atoms with Crippen molar-refractivity contribution in [2.75, 3.05) is 39.3 Å². The van der Waals surface area contributed by atoms with Crippen molar-refractivity contribution in [2.24, 2.45) is 11.8 Å². The maximum absolute atomic E-state index is 12.8. The van der Waals surface area contributed by atoms with Gasteiger partial charge < -0.3 is 20.0 Å². The number of nitrogens with one attached hydrogen (secondary N) is 2. The summed E-state index contributed by atoms with van der Waals surface area (Å²) in [5.41, 5.74) is 0.484. The van der Waals surface area contributed by atoms with Crippen molar-refractivity contribution in [1.82, 2.24) is 15.5 Å². The highest BCUT2D eigenvalue weighted by Crippen LogP contribution is 2.28. The second-order valence-corrected chi connectivity index (χ2v) is 7.43. The second-order valence-electron chi connectivity index (χ2n) is 7.43. The van der Waals surface area contributed by atoms with E-state index in [-0.39, 0.29) is 42.2 Å². The number of carbonyl (C=O) groups excluding carboxylic acids is 1. The topological polar surface area (TPSA) is 74.6 Å². The molecule has 6 nitrogen and oxygen atoms in total. The normalized spacial score (nSPS) is 27.4. The standard InChI is InChI=1S/C18H25N3O3.2ClH/c1-11-5-15(12-3-2-4-19-6-12)24-18(23)16(11)17(22)21-9-13-7-20-8-14(13)10-21;;/h5,12-14,19-20H,2-4,6-10H2,1H3;2*1H/t12?,13-,14+;;. The van der Waals surface area contributed by atoms with Crippen LogP contribution >= 0.6 is 24.8 Å². The van der Waals surface area contributed by atoms with Gasteiger partial charge in [0.25, 0.3) is 5.91 Å². The fraction of sp³-hybridized carbons (Fsp3) is 0.667. The number of piperidine rings is 1. The molecular formula is C18H27Cl2N3O3. The lowest BCUT2D eigenvalue weighted by Crippen LogP contribution is -2.35. The second kappa shape index (κ2) is 8.74. The van der Waals surface area contributed by atoms with Crippen LogP contribution in [0.2, 0.25) is 0 Å². The van der Waals surface area contributed by atoms with E-state index in [4.69, 9.17) is 4.42 Å². The number of fused-ring (bicyclic) bond motifs is 1. The number of amides is 1. The fourth-order valence-corrected chi connectivity index (χ4v) is 4.37. The van der Waals surface area contributed by atoms with Crippen LogP contribution in [0.5, 0.6) is 0 Å². The monoisotopic (exact) mass is 403 g/mol. The van der Waals surface area contributed by atoms with E-state index in [1.165, 1.54) is 0 Å². The number of nitrogens with zero attached hydrogens (tertiary/aromatic N) is 1. The van der Waals surface area contributed by atoms with Crippen molar-refractivity contribution in [1.29, 1.82) is 0 Å². The lowest BCUT2D eigenvalue weighted by atomic mass is 9.95. The molecule has 3 saturated heterocycles. The molecular weight excluding hydrogens is 377 g/mol. The molecule has 0 aliphatic carbocycles. The maximum Gasteiger partial charge on any atom is 0.349 e. The van der Waals surface area contributed by atoms with Crippen LogP contribution in [0, 0.1) is 18.8 Å². The zero-order valence-electron chi connectivity index (χ0n) is 15.0. The highest BCUT2D eigenvalue weighted by Gasteiger charge is 2.39. The zero-order chi connectivity index (χ0) is 16.7. The molecule has 26 heavy (non-hydrogen) atoms. The van der Waals surface area contributed by atoms with Gasteiger partial charge in [0, 0.05) is 38.6 Å². The minimum absolute atomic E-state index is 0. The Bertz CT molecular complexity index is 691. The Morgan fingerprint density at radius 3 is 2.42 bits per heavy atom. The SMILES string of the molecule is Cc1cc(C2CCCNC2)oc(=O)c1C(=O)N1C[C@H]2CNC[C@H]2C1.Cl.Cl. The van der Waals surface area contributed by atoms with Crippen LogP contribution in [0.3, 0.4) is 0 Å². The van der Waals surface area contributed by atoms with Gasteiger partial charge in [-0.1, -0.05) is 0 Å². The number of hydrogen-bond acceptors (Lipinski definition) is 5. The van der Waals surface area contributed by atoms with Crippen molar-refractivity contribution in [2.45, 2.75) is 25.7 Å². The molecule has 1 aromatic heterocycles. The van der Waals surface area contributed by atoms with Gasteiger partial charge in [-0.2, -0.15) is 0 Å². The molecule has 3 fully saturated rings. The predicted molar refractivity (Wildman–Crippen MR) is 105 cm³/mol. The average Bonchev–Trinajstić information content (AvgIpc) is 3.16. The molecule has 8 heteroatoms. The Hall–Kier alpha value is -1.08. The van der Waals surface area contributed by atoms with Crippen LogP contribution in [-0.2, 0) is 0 Å². The summed E-state index contributed by atoms with van der Waals surface area (Å²) in [6.45, 7) is 7.11. The molecule has 0 aromatic carbocycles. The number of carbonyl (C=O) groups is 1. The highest BCUT2D eigenvalue weighted by molar-refractivity contribution is 5.95. The first-order chi connectivity index (χ1) is 11.6. The summed E-state index contributed by atoms with van der Waals surface area (Å²) >= 11 is 0. The molecule has 1 amide bonds. The van der Waals surface area contributed by atoms with Crippen LogP contribution in [0.15, 0.2) is 15.3 Å². The van der Waals surface area contributed by atoms with Crippen LogP contribution in [0.4, 0.5) is 0 Å². The molecule has 1 aromatic rings. The third-order valence-electron chi connectivity index (χ3n) is 5.76. The number of rotatable bonds is 2. The summed E-state index contributed by atoms with van der Waals surface area (Å²) in [6.07, 6.45) is 2.10. The van der Waals surface area contributed by atoms with E-state index in [0.717, 1.165) is 57.7 Å². The van der Waals surface area contributed by atoms with Crippen LogP contribution in [0.1, 0.15) is 40.4 Å². The van der Waals surface area contributed by atoms with E-state index in [1.807, 2.05) is 17.9 Å². The molecule has 1 unspecified atom stereocenters. The Balaban J connectivity index is 0.00000121. The van der Waals surface area contributed by atoms with Crippen molar-refractivity contribution < 1.29 is 9.21 Å². The lowest BCUT2D eigenvalue weighted by molar-refractivity contribution is 0.0775. The van der Waals surface area contributed by atoms with E-state index in [2.05, 4.69) is 10.6 Å². The van der Waals surface area contributed by atoms with Gasteiger partial charge in [0.2, 0.25) is 0 Å². The van der Waals surface area contributed by atoms with E-state index in [9.17, 15) is 9.59 Å². The molecule has 3 atom stereocenters. The van der Waals surface area contributed by atoms with Gasteiger partial charge in [-0.15, -0.1) is 24.8 Å². The molecule has 2 N–H and O–H groups in total. The quantitative estimate of drug-likeness (QED) is 0.783. The largest absolute Gasteiger partial charge is 0.427 e. The summed E-state index contributed by atoms with van der Waals surface area (Å²) < 4.78 is 5.55. The smallest absolute Gasteiger partial charge is 0.349 e. The van der Waals surface area contributed by atoms with Crippen LogP contribution in [-0.4, -0.2) is 50.1 Å². The third kappa shape index (κ3) is 3.93. The molecule has 4 rings (SSSR count). The Morgan fingerprint density at radius 2 is 1.85 bits per heavy atom. The minimum atomic E-state index is -0.476. The molecule has 4 heterocycles. The van der Waals surface area contributed by atoms with Gasteiger partial charge in [0.05, 0.1) is 0 Å². The van der Waals surface area contributed by atoms with Crippen molar-refractivity contribution in [3.63, 3.8) is 0 Å². The predicted octanol–water partition coefficient (Wildman–Crippen LogP) is 1.55. The highest BCUT2D eigenvalue weighted by atomic mass is 35.5. The number of halogens is 2. The molecule has 0 spiro atoms. The average molecular weight is 404 g/mol. The molecule has 3 aliphatic heterocycles. The Kier molecular flexibility index (Phi) is 7.13. The summed E-state index contributed by atoms with van der Waals surface area (Å²) in [6, 6.07) is 1.89. The summed E-state index contributed by atoms with van der Waals surface area (Å²) in [7, 11) is 0. The van der Waals surface area contributed by atoms with E-state index in [1.54, 1.807) is 0 Å². The molecule has 3 aliphatic rings. The molecule has 0 radical (unpaired) electrons. The van der Waals surface area contributed by atoms with Gasteiger partial charge in [-0.25, -0.2) is 4.79 Å². The summed E-state index contributed by atoms with van der Waals surface area (Å²) in [5.74, 6) is 1.82. The van der Waals surface area contributed by atoms with Gasteiger partial charge >= 0.3 is 5.63 Å². The summed E-state index contributed by atoms with van der Waals surface area (Å²) in [5, 5.41) is 6.70. The van der Waals surface area contributed by atoms with Crippen LogP contribution < -0.4 is 16.3 Å². The summed E-state index contributed by atoms with van der Waals surface area (Å²) in [4.78, 5) is 27.2. The van der Waals surface area contributed by atoms with Gasteiger partial charge in [-0.05, 0) is 49.8 Å². The van der Waals surface area contributed by atoms with E-state index < -0.39 is 5.63 Å². The number of aryl methyl sites for hydroxylation is 1. The van der Waals surface area contributed by atoms with E-state index in [0.29, 0.717) is 17.6 Å². The van der Waals surface area contributed by atoms with Gasteiger partial charge in [0.15, 0.2) is 0 Å². The van der Waals surface area contributed by atoms with Gasteiger partial charge in [0.1, 0.15) is 11.3 Å². The first-order valence-electron chi connectivity index (χ1n) is 8.99. The zero-order valence-corrected chi connectivity index (χ0v) is 16.6. The van der Waals surface area contributed by atoms with Crippen molar-refractivity contribution >= 4 is 30.7 Å². The number of hydrogen-bond donors (Lipinski definition) is 2. The minimum Gasteiger partial charge on any atom is -0.427 e. The van der Waals surface area contributed by atoms with E-state index >= 15 is 0 Å². The Morgan fingerprint density at radius 1 is 1.15 bits per heavy atom. The Labute approximate surface area is 165 Å². The maximum atomic E-state index is 12.8. The first-order valence-corrected chi connectivity index (χ1v) is 8.99. The number of likely N-dealkylation sites (tertiary alicyclic amines) is 1. The molecule has 0 bridgehead atoms. The third-order valence-corrected chi connectivity index (χ3v) is 5.76. The molecule has 146 valence electrons. The lowest BCUT2D eigenvalue weighted by Gasteiger charge is -2.23. The van der Waals surface area contributed by atoms with Crippen molar-refractivity contribution in [3.05, 3.63) is 33.4 Å². The first kappa shape index (κ1) is 21.2. The van der Waals surface area contributed by atoms with Gasteiger partial charge in [-0.3, -0.25) is 4.79 Å². The van der Waals surface area contributed by atoms with Crippen LogP contribution in [0.25, 0.3) is 0 Å². The van der Waals surface area contributed by atoms with Crippen molar-refractivity contribution in [3.8, 4) is 0 Å². The molecule has 0 saturated carbocycles.